The molecule has 28 heavy (non-hydrogen) atoms. The quantitative estimate of drug-likeness (QED) is 0.257. The highest BCUT2D eigenvalue weighted by atomic mass is 28.4. The van der Waals surface area contributed by atoms with Crippen molar-refractivity contribution in [1.29, 1.82) is 0 Å². The third kappa shape index (κ3) is 4.12. The van der Waals surface area contributed by atoms with Crippen molar-refractivity contribution in [3.63, 3.8) is 0 Å². The Morgan fingerprint density at radius 3 is 1.54 bits per heavy atom. The maximum Gasteiger partial charge on any atom is 0.380 e. The molecule has 0 unspecified atom stereocenters. The van der Waals surface area contributed by atoms with Gasteiger partial charge >= 0.3 is 8.32 Å². The summed E-state index contributed by atoms with van der Waals surface area (Å²) < 4.78 is 6.42. The van der Waals surface area contributed by atoms with Crippen LogP contribution in [-0.4, -0.2) is 19.8 Å². The molecule has 0 bridgehead atoms. The Morgan fingerprint density at radius 1 is 0.786 bits per heavy atom. The van der Waals surface area contributed by atoms with E-state index in [1.807, 2.05) is 61.5 Å². The van der Waals surface area contributed by atoms with E-state index in [1.165, 1.54) is 0 Å². The van der Waals surface area contributed by atoms with Gasteiger partial charge in [-0.05, 0) is 28.9 Å². The maximum absolute atomic E-state index is 12.3. The fourth-order valence-corrected chi connectivity index (χ4v) is 6.85. The average Bonchev–Trinajstić information content (AvgIpc) is 2.76. The number of hydrogen-bond acceptors (Lipinski definition) is 3. The lowest BCUT2D eigenvalue weighted by molar-refractivity contribution is -0.113. The second kappa shape index (κ2) is 9.29. The molecule has 3 rings (SSSR count). The number of oxime groups is 1. The van der Waals surface area contributed by atoms with E-state index in [0.29, 0.717) is 12.1 Å². The number of nitrogens with zero attached hydrogens (tertiary/aromatic N) is 1. The molecular formula is C24H25NO2Si. The molecule has 142 valence electrons. The third-order valence-electron chi connectivity index (χ3n) is 4.74. The fraction of sp³-hybridized carbons (Fsp3) is 0.167. The first kappa shape index (κ1) is 19.8. The van der Waals surface area contributed by atoms with E-state index in [4.69, 9.17) is 4.53 Å². The minimum absolute atomic E-state index is 0.0274. The van der Waals surface area contributed by atoms with E-state index in [-0.39, 0.29) is 5.78 Å². The van der Waals surface area contributed by atoms with Gasteiger partial charge in [0, 0.05) is 6.42 Å². The van der Waals surface area contributed by atoms with Crippen LogP contribution in [0.4, 0.5) is 0 Å². The van der Waals surface area contributed by atoms with E-state index in [1.54, 1.807) is 6.92 Å². The first-order valence-electron chi connectivity index (χ1n) is 9.61. The molecule has 0 saturated carbocycles. The lowest BCUT2D eigenvalue weighted by atomic mass is 10.2. The number of carbonyl (C=O) groups is 1. The molecule has 0 N–H and O–H groups in total. The second-order valence-electron chi connectivity index (χ2n) is 6.72. The number of benzene rings is 3. The van der Waals surface area contributed by atoms with Gasteiger partial charge in [0.05, 0.1) is 0 Å². The Balaban J connectivity index is 2.20. The van der Waals surface area contributed by atoms with Crippen LogP contribution >= 0.6 is 0 Å². The molecule has 0 saturated heterocycles. The standard InChI is InChI=1S/C24H25NO2Si/c1-3-13-24(26)20(2)25-27-28(21-14-7-4-8-15-21,22-16-9-5-10-17-22)23-18-11-6-12-19-23/h4-12,14-19H,3,13H2,1-2H3/b25-20+. The zero-order valence-corrected chi connectivity index (χ0v) is 17.3. The SMILES string of the molecule is CCCC(=O)/C(C)=N/O[Si](c1ccccc1)(c1ccccc1)c1ccccc1. The van der Waals surface area contributed by atoms with Crippen LogP contribution in [-0.2, 0) is 9.32 Å². The summed E-state index contributed by atoms with van der Waals surface area (Å²) in [6, 6.07) is 30.6. The van der Waals surface area contributed by atoms with Gasteiger partial charge in [-0.1, -0.05) is 97.9 Å². The Bertz CT molecular complexity index is 828. The molecule has 3 aromatic carbocycles. The Hall–Kier alpha value is -2.98. The van der Waals surface area contributed by atoms with Crippen LogP contribution in [0.25, 0.3) is 0 Å². The van der Waals surface area contributed by atoms with Crippen molar-refractivity contribution in [3.05, 3.63) is 91.0 Å². The first-order valence-corrected chi connectivity index (χ1v) is 11.5. The summed E-state index contributed by atoms with van der Waals surface area (Å²) in [6.07, 6.45) is 1.28. The Kier molecular flexibility index (Phi) is 6.56. The van der Waals surface area contributed by atoms with Crippen LogP contribution in [0.3, 0.4) is 0 Å². The third-order valence-corrected chi connectivity index (χ3v) is 8.55. The van der Waals surface area contributed by atoms with Crippen LogP contribution in [0.1, 0.15) is 26.7 Å². The highest BCUT2D eigenvalue weighted by Crippen LogP contribution is 2.11. The molecule has 4 heteroatoms. The monoisotopic (exact) mass is 387 g/mol. The Morgan fingerprint density at radius 2 is 1.18 bits per heavy atom. The molecule has 0 aliphatic rings. The van der Waals surface area contributed by atoms with Crippen molar-refractivity contribution in [1.82, 2.24) is 0 Å². The van der Waals surface area contributed by atoms with E-state index >= 15 is 0 Å². The minimum Gasteiger partial charge on any atom is -0.438 e. The van der Waals surface area contributed by atoms with E-state index in [0.717, 1.165) is 22.0 Å². The van der Waals surface area contributed by atoms with Gasteiger partial charge in [-0.2, -0.15) is 0 Å². The zero-order valence-electron chi connectivity index (χ0n) is 16.3. The van der Waals surface area contributed by atoms with Gasteiger partial charge in [-0.3, -0.25) is 4.79 Å². The van der Waals surface area contributed by atoms with Crippen LogP contribution in [0.2, 0.25) is 0 Å². The van der Waals surface area contributed by atoms with E-state index < -0.39 is 8.32 Å². The lowest BCUT2D eigenvalue weighted by Crippen LogP contribution is -2.68. The highest BCUT2D eigenvalue weighted by Gasteiger charge is 2.45. The van der Waals surface area contributed by atoms with Crippen molar-refractivity contribution in [2.75, 3.05) is 0 Å². The minimum atomic E-state index is -2.90. The number of Topliss-reactive ketones (excluding diaryl/α,β-unsaturated/α-hetero) is 1. The zero-order chi connectivity index (χ0) is 19.8. The summed E-state index contributed by atoms with van der Waals surface area (Å²) >= 11 is 0. The smallest absolute Gasteiger partial charge is 0.380 e. The van der Waals surface area contributed by atoms with Gasteiger partial charge in [0.1, 0.15) is 5.71 Å². The van der Waals surface area contributed by atoms with Gasteiger partial charge in [0.15, 0.2) is 5.78 Å². The molecule has 0 heterocycles. The molecule has 0 aliphatic carbocycles. The molecule has 0 spiro atoms. The maximum atomic E-state index is 12.3. The summed E-state index contributed by atoms with van der Waals surface area (Å²) in [4.78, 5) is 12.3. The van der Waals surface area contributed by atoms with Crippen LogP contribution in [0, 0.1) is 0 Å². The molecule has 3 nitrogen and oxygen atoms in total. The van der Waals surface area contributed by atoms with Crippen LogP contribution in [0.15, 0.2) is 96.2 Å². The van der Waals surface area contributed by atoms with E-state index in [9.17, 15) is 4.79 Å². The first-order chi connectivity index (χ1) is 13.7. The molecule has 0 fully saturated rings. The van der Waals surface area contributed by atoms with Gasteiger partial charge in [-0.25, -0.2) is 0 Å². The van der Waals surface area contributed by atoms with Gasteiger partial charge < -0.3 is 4.53 Å². The van der Waals surface area contributed by atoms with Crippen molar-refractivity contribution in [2.45, 2.75) is 26.7 Å². The van der Waals surface area contributed by atoms with Crippen molar-refractivity contribution >= 4 is 35.4 Å². The summed E-state index contributed by atoms with van der Waals surface area (Å²) in [7, 11) is -2.90. The van der Waals surface area contributed by atoms with Crippen molar-refractivity contribution < 1.29 is 9.32 Å². The Labute approximate surface area is 167 Å². The predicted molar refractivity (Wildman–Crippen MR) is 118 cm³/mol. The molecule has 0 atom stereocenters. The summed E-state index contributed by atoms with van der Waals surface area (Å²) in [5.74, 6) is 0.0274. The summed E-state index contributed by atoms with van der Waals surface area (Å²) in [5.41, 5.74) is 0.418. The van der Waals surface area contributed by atoms with Crippen LogP contribution < -0.4 is 15.6 Å². The van der Waals surface area contributed by atoms with Gasteiger partial charge in [0.2, 0.25) is 0 Å². The molecule has 0 radical (unpaired) electrons. The molecule has 0 aliphatic heterocycles. The van der Waals surface area contributed by atoms with Gasteiger partial charge in [-0.15, -0.1) is 5.16 Å². The predicted octanol–water partition coefficient (Wildman–Crippen LogP) is 3.42. The number of carbonyl (C=O) groups excluding carboxylic acids is 1. The van der Waals surface area contributed by atoms with Crippen LogP contribution in [0.5, 0.6) is 0 Å². The normalized spacial score (nSPS) is 11.9. The second-order valence-corrected chi connectivity index (χ2v) is 10.00. The number of hydrogen-bond donors (Lipinski definition) is 0. The highest BCUT2D eigenvalue weighted by molar-refractivity contribution is 7.07. The van der Waals surface area contributed by atoms with E-state index in [2.05, 4.69) is 41.6 Å². The topological polar surface area (TPSA) is 38.7 Å². The molecule has 3 aromatic rings. The van der Waals surface area contributed by atoms with Crippen molar-refractivity contribution in [3.8, 4) is 0 Å². The summed E-state index contributed by atoms with van der Waals surface area (Å²) in [6.45, 7) is 3.72. The lowest BCUT2D eigenvalue weighted by Gasteiger charge is -2.30. The molecular weight excluding hydrogens is 362 g/mol. The largest absolute Gasteiger partial charge is 0.438 e. The van der Waals surface area contributed by atoms with Gasteiger partial charge in [0.25, 0.3) is 0 Å². The van der Waals surface area contributed by atoms with Crippen molar-refractivity contribution in [2.24, 2.45) is 5.16 Å². The molecule has 0 amide bonds. The average molecular weight is 388 g/mol. The number of rotatable bonds is 8. The number of ketones is 1. The molecule has 0 aromatic heterocycles. The summed E-state index contributed by atoms with van der Waals surface area (Å²) in [5, 5.41) is 7.64. The fourth-order valence-electron chi connectivity index (χ4n) is 3.27.